The van der Waals surface area contributed by atoms with Crippen LogP contribution in [-0.4, -0.2) is 36.2 Å². The van der Waals surface area contributed by atoms with Crippen molar-refractivity contribution in [3.05, 3.63) is 77.4 Å². The van der Waals surface area contributed by atoms with Gasteiger partial charge in [0.15, 0.2) is 0 Å². The molecule has 0 heterocycles. The molecule has 0 saturated heterocycles. The first-order valence-corrected chi connectivity index (χ1v) is 10.2. The van der Waals surface area contributed by atoms with Crippen molar-refractivity contribution in [2.24, 2.45) is 5.92 Å². The van der Waals surface area contributed by atoms with Crippen LogP contribution in [0.4, 0.5) is 0 Å². The molecule has 2 nitrogen and oxygen atoms in total. The highest BCUT2D eigenvalue weighted by atomic mass is 16.3. The fraction of sp³-hybridized carbons (Fsp3) is 0.440. The zero-order valence-corrected chi connectivity index (χ0v) is 16.8. The largest absolute Gasteiger partial charge is 0.385 e. The number of benzene rings is 2. The summed E-state index contributed by atoms with van der Waals surface area (Å²) in [5.41, 5.74) is 3.07. The van der Waals surface area contributed by atoms with E-state index in [0.717, 1.165) is 45.1 Å². The minimum Gasteiger partial charge on any atom is -0.385 e. The molecule has 1 aliphatic carbocycles. The van der Waals surface area contributed by atoms with Gasteiger partial charge in [-0.3, -0.25) is 0 Å². The van der Waals surface area contributed by atoms with Crippen LogP contribution in [0.2, 0.25) is 0 Å². The zero-order valence-electron chi connectivity index (χ0n) is 16.8. The molecule has 0 aliphatic heterocycles. The van der Waals surface area contributed by atoms with Crippen molar-refractivity contribution >= 4 is 6.08 Å². The van der Waals surface area contributed by atoms with E-state index in [1.165, 1.54) is 16.7 Å². The second-order valence-corrected chi connectivity index (χ2v) is 8.20. The lowest BCUT2D eigenvalue weighted by Crippen LogP contribution is -2.47. The molecule has 1 fully saturated rings. The maximum absolute atomic E-state index is 11.9. The van der Waals surface area contributed by atoms with Gasteiger partial charge in [-0.05, 0) is 69.3 Å². The topological polar surface area (TPSA) is 23.5 Å². The van der Waals surface area contributed by atoms with E-state index in [1.807, 2.05) is 6.07 Å². The summed E-state index contributed by atoms with van der Waals surface area (Å²) >= 11 is 0. The molecular formula is C25H33NO. The number of hydrogen-bond acceptors (Lipinski definition) is 2. The van der Waals surface area contributed by atoms with Crippen LogP contribution < -0.4 is 0 Å². The van der Waals surface area contributed by atoms with Gasteiger partial charge in [-0.15, -0.1) is 0 Å². The Morgan fingerprint density at radius 3 is 2.37 bits per heavy atom. The smallest absolute Gasteiger partial charge is 0.0900 e. The van der Waals surface area contributed by atoms with Gasteiger partial charge >= 0.3 is 0 Å². The van der Waals surface area contributed by atoms with Crippen LogP contribution in [-0.2, 0) is 6.42 Å². The third-order valence-electron chi connectivity index (χ3n) is 5.82. The van der Waals surface area contributed by atoms with Crippen molar-refractivity contribution in [1.29, 1.82) is 0 Å². The van der Waals surface area contributed by atoms with Crippen LogP contribution in [0.5, 0.6) is 0 Å². The Labute approximate surface area is 164 Å². The SMILES string of the molecule is CN(C)CC1CCC/C(=C/c2ccccc2)C1(O)CCCc1ccccc1. The molecule has 2 aromatic rings. The van der Waals surface area contributed by atoms with Crippen LogP contribution >= 0.6 is 0 Å². The van der Waals surface area contributed by atoms with Crippen molar-refractivity contribution in [3.8, 4) is 0 Å². The van der Waals surface area contributed by atoms with Gasteiger partial charge in [0.25, 0.3) is 0 Å². The van der Waals surface area contributed by atoms with E-state index < -0.39 is 5.60 Å². The molecule has 0 aromatic heterocycles. The number of aryl methyl sites for hydroxylation is 1. The predicted octanol–water partition coefficient (Wildman–Crippen LogP) is 5.19. The molecule has 2 unspecified atom stereocenters. The lowest BCUT2D eigenvalue weighted by atomic mass is 9.68. The summed E-state index contributed by atoms with van der Waals surface area (Å²) in [7, 11) is 4.22. The molecule has 1 N–H and O–H groups in total. The van der Waals surface area contributed by atoms with E-state index >= 15 is 0 Å². The van der Waals surface area contributed by atoms with Crippen LogP contribution in [0.15, 0.2) is 66.2 Å². The van der Waals surface area contributed by atoms with Crippen LogP contribution in [0.3, 0.4) is 0 Å². The van der Waals surface area contributed by atoms with E-state index in [-0.39, 0.29) is 0 Å². The lowest BCUT2D eigenvalue weighted by Gasteiger charge is -2.43. The second kappa shape index (κ2) is 9.34. The quantitative estimate of drug-likeness (QED) is 0.732. The van der Waals surface area contributed by atoms with Crippen LogP contribution in [0.25, 0.3) is 6.08 Å². The third kappa shape index (κ3) is 5.31. The average molecular weight is 364 g/mol. The molecule has 0 radical (unpaired) electrons. The molecule has 0 bridgehead atoms. The number of rotatable bonds is 7. The maximum atomic E-state index is 11.9. The van der Waals surface area contributed by atoms with Crippen molar-refractivity contribution in [3.63, 3.8) is 0 Å². The minimum absolute atomic E-state index is 0.298. The van der Waals surface area contributed by atoms with Gasteiger partial charge in [0.2, 0.25) is 0 Å². The monoisotopic (exact) mass is 363 g/mol. The Morgan fingerprint density at radius 2 is 1.70 bits per heavy atom. The van der Waals surface area contributed by atoms with Crippen molar-refractivity contribution < 1.29 is 5.11 Å². The Morgan fingerprint density at radius 1 is 1.04 bits per heavy atom. The van der Waals surface area contributed by atoms with Gasteiger partial charge < -0.3 is 10.0 Å². The maximum Gasteiger partial charge on any atom is 0.0900 e. The highest BCUT2D eigenvalue weighted by Gasteiger charge is 2.42. The second-order valence-electron chi connectivity index (χ2n) is 8.20. The van der Waals surface area contributed by atoms with Crippen molar-refractivity contribution in [1.82, 2.24) is 4.90 Å². The molecule has 1 aliphatic rings. The molecule has 0 spiro atoms. The van der Waals surface area contributed by atoms with Gasteiger partial charge in [0, 0.05) is 12.5 Å². The Bertz CT molecular complexity index is 723. The first-order valence-electron chi connectivity index (χ1n) is 10.2. The van der Waals surface area contributed by atoms with Crippen LogP contribution in [0.1, 0.15) is 43.2 Å². The highest BCUT2D eigenvalue weighted by Crippen LogP contribution is 2.42. The van der Waals surface area contributed by atoms with Crippen molar-refractivity contribution in [2.45, 2.75) is 44.1 Å². The molecule has 2 aromatic carbocycles. The van der Waals surface area contributed by atoms with Gasteiger partial charge in [0.1, 0.15) is 0 Å². The Hall–Kier alpha value is -1.90. The predicted molar refractivity (Wildman–Crippen MR) is 115 cm³/mol. The number of aliphatic hydroxyl groups is 1. The fourth-order valence-corrected chi connectivity index (χ4v) is 4.46. The molecule has 0 amide bonds. The molecule has 2 atom stereocenters. The Balaban J connectivity index is 1.80. The fourth-order valence-electron chi connectivity index (χ4n) is 4.46. The summed E-state index contributed by atoms with van der Waals surface area (Å²) < 4.78 is 0. The molecule has 27 heavy (non-hydrogen) atoms. The summed E-state index contributed by atoms with van der Waals surface area (Å²) in [5, 5.41) is 11.9. The summed E-state index contributed by atoms with van der Waals surface area (Å²) in [6, 6.07) is 21.1. The van der Waals surface area contributed by atoms with Gasteiger partial charge in [-0.25, -0.2) is 0 Å². The van der Waals surface area contributed by atoms with E-state index in [2.05, 4.69) is 79.7 Å². The highest BCUT2D eigenvalue weighted by molar-refractivity contribution is 5.55. The molecular weight excluding hydrogens is 330 g/mol. The van der Waals surface area contributed by atoms with E-state index in [4.69, 9.17) is 0 Å². The van der Waals surface area contributed by atoms with Gasteiger partial charge in [-0.2, -0.15) is 0 Å². The van der Waals surface area contributed by atoms with Gasteiger partial charge in [0.05, 0.1) is 5.60 Å². The number of hydrogen-bond donors (Lipinski definition) is 1. The first-order chi connectivity index (χ1) is 13.1. The summed E-state index contributed by atoms with van der Waals surface area (Å²) in [6.07, 6.45) is 8.38. The zero-order chi connectivity index (χ0) is 19.1. The average Bonchev–Trinajstić information content (AvgIpc) is 2.67. The first kappa shape index (κ1) is 19.9. The normalized spacial score (nSPS) is 24.4. The molecule has 144 valence electrons. The Kier molecular flexibility index (Phi) is 6.87. The number of nitrogens with zero attached hydrogens (tertiary/aromatic N) is 1. The van der Waals surface area contributed by atoms with E-state index in [9.17, 15) is 5.11 Å². The van der Waals surface area contributed by atoms with Crippen LogP contribution in [0, 0.1) is 5.92 Å². The molecule has 2 heteroatoms. The van der Waals surface area contributed by atoms with E-state index in [1.54, 1.807) is 0 Å². The lowest BCUT2D eigenvalue weighted by molar-refractivity contribution is -0.0208. The molecule has 3 rings (SSSR count). The standard InChI is InChI=1S/C25H33NO/c1-26(2)20-24-17-9-16-23(19-22-13-7-4-8-14-22)25(24,27)18-10-15-21-11-5-3-6-12-21/h3-8,11-14,19,24,27H,9-10,15-18,20H2,1-2H3/b23-19-. The summed E-state index contributed by atoms with van der Waals surface area (Å²) in [5.74, 6) is 0.298. The summed E-state index contributed by atoms with van der Waals surface area (Å²) in [6.45, 7) is 0.938. The van der Waals surface area contributed by atoms with Gasteiger partial charge in [-0.1, -0.05) is 66.7 Å². The van der Waals surface area contributed by atoms with E-state index in [0.29, 0.717) is 5.92 Å². The third-order valence-corrected chi connectivity index (χ3v) is 5.82. The minimum atomic E-state index is -0.701. The van der Waals surface area contributed by atoms with Crippen molar-refractivity contribution in [2.75, 3.05) is 20.6 Å². The summed E-state index contributed by atoms with van der Waals surface area (Å²) in [4.78, 5) is 2.22. The molecule has 1 saturated carbocycles.